The average molecular weight is 228 g/mol. The second kappa shape index (κ2) is 5.99. The minimum Gasteiger partial charge on any atom is -0.396 e. The highest BCUT2D eigenvalue weighted by Gasteiger charge is 2.06. The molecule has 0 fully saturated rings. The Balaban J connectivity index is 2.60. The number of aryl methyl sites for hydroxylation is 1. The molecule has 0 heterocycles. The van der Waals surface area contributed by atoms with E-state index < -0.39 is 0 Å². The fourth-order valence-electron chi connectivity index (χ4n) is 1.49. The first kappa shape index (κ1) is 12.3. The van der Waals surface area contributed by atoms with Crippen LogP contribution in [0.4, 0.5) is 5.69 Å². The Hall–Kier alpha value is -0.730. The summed E-state index contributed by atoms with van der Waals surface area (Å²) >= 11 is 6.16. The van der Waals surface area contributed by atoms with Crippen LogP contribution in [0.5, 0.6) is 0 Å². The summed E-state index contributed by atoms with van der Waals surface area (Å²) in [5.74, 6) is 0. The van der Waals surface area contributed by atoms with Crippen molar-refractivity contribution in [1.82, 2.24) is 0 Å². The van der Waals surface area contributed by atoms with Gasteiger partial charge < -0.3 is 10.4 Å². The first-order valence-corrected chi connectivity index (χ1v) is 5.65. The minimum absolute atomic E-state index is 0.244. The standard InChI is InChI=1S/C12H18ClNO/c1-9-5-3-7-11(12(9)13)14-10(2)6-4-8-15/h3,5,7,10,14-15H,4,6,8H2,1-2H3. The Kier molecular flexibility index (Phi) is 4.92. The van der Waals surface area contributed by atoms with Crippen LogP contribution in [0.1, 0.15) is 25.3 Å². The van der Waals surface area contributed by atoms with Gasteiger partial charge in [-0.05, 0) is 38.3 Å². The summed E-state index contributed by atoms with van der Waals surface area (Å²) < 4.78 is 0. The van der Waals surface area contributed by atoms with E-state index in [9.17, 15) is 0 Å². The van der Waals surface area contributed by atoms with E-state index in [2.05, 4.69) is 12.2 Å². The molecule has 0 radical (unpaired) electrons. The predicted octanol–water partition coefficient (Wildman–Crippen LogP) is 3.22. The van der Waals surface area contributed by atoms with E-state index in [-0.39, 0.29) is 6.61 Å². The van der Waals surface area contributed by atoms with Crippen LogP contribution in [-0.2, 0) is 0 Å². The maximum absolute atomic E-state index is 8.73. The second-order valence-corrected chi connectivity index (χ2v) is 4.23. The lowest BCUT2D eigenvalue weighted by atomic mass is 10.1. The van der Waals surface area contributed by atoms with Gasteiger partial charge in [0, 0.05) is 12.6 Å². The zero-order chi connectivity index (χ0) is 11.3. The highest BCUT2D eigenvalue weighted by Crippen LogP contribution is 2.26. The first-order valence-electron chi connectivity index (χ1n) is 5.27. The molecule has 3 heteroatoms. The minimum atomic E-state index is 0.244. The molecule has 1 unspecified atom stereocenters. The molecule has 0 saturated carbocycles. The molecular formula is C12H18ClNO. The Morgan fingerprint density at radius 3 is 2.87 bits per heavy atom. The normalized spacial score (nSPS) is 12.5. The number of halogens is 1. The summed E-state index contributed by atoms with van der Waals surface area (Å²) in [6, 6.07) is 6.29. The number of rotatable bonds is 5. The van der Waals surface area contributed by atoms with Gasteiger partial charge in [0.25, 0.3) is 0 Å². The van der Waals surface area contributed by atoms with Crippen molar-refractivity contribution in [2.24, 2.45) is 0 Å². The van der Waals surface area contributed by atoms with Gasteiger partial charge in [-0.2, -0.15) is 0 Å². The quantitative estimate of drug-likeness (QED) is 0.810. The van der Waals surface area contributed by atoms with E-state index in [0.717, 1.165) is 29.1 Å². The number of anilines is 1. The van der Waals surface area contributed by atoms with Crippen molar-refractivity contribution in [2.45, 2.75) is 32.7 Å². The van der Waals surface area contributed by atoms with Crippen LogP contribution >= 0.6 is 11.6 Å². The Morgan fingerprint density at radius 2 is 2.20 bits per heavy atom. The first-order chi connectivity index (χ1) is 7.15. The number of nitrogens with one attached hydrogen (secondary N) is 1. The molecule has 1 aromatic carbocycles. The van der Waals surface area contributed by atoms with Crippen LogP contribution in [0.15, 0.2) is 18.2 Å². The van der Waals surface area contributed by atoms with E-state index >= 15 is 0 Å². The smallest absolute Gasteiger partial charge is 0.0666 e. The van der Waals surface area contributed by atoms with Crippen LogP contribution in [0.25, 0.3) is 0 Å². The summed E-state index contributed by atoms with van der Waals surface area (Å²) in [6.45, 7) is 4.33. The third-order valence-corrected chi connectivity index (χ3v) is 2.89. The molecular weight excluding hydrogens is 210 g/mol. The number of aliphatic hydroxyl groups is 1. The molecule has 2 N–H and O–H groups in total. The van der Waals surface area contributed by atoms with Gasteiger partial charge in [0.2, 0.25) is 0 Å². The summed E-state index contributed by atoms with van der Waals surface area (Å²) in [7, 11) is 0. The zero-order valence-corrected chi connectivity index (χ0v) is 10.0. The molecule has 0 saturated heterocycles. The lowest BCUT2D eigenvalue weighted by Gasteiger charge is -2.16. The van der Waals surface area contributed by atoms with Crippen molar-refractivity contribution in [1.29, 1.82) is 0 Å². The van der Waals surface area contributed by atoms with Crippen molar-refractivity contribution in [3.63, 3.8) is 0 Å². The highest BCUT2D eigenvalue weighted by molar-refractivity contribution is 6.34. The summed E-state index contributed by atoms with van der Waals surface area (Å²) in [4.78, 5) is 0. The van der Waals surface area contributed by atoms with Gasteiger partial charge in [0.15, 0.2) is 0 Å². The largest absolute Gasteiger partial charge is 0.396 e. The van der Waals surface area contributed by atoms with E-state index in [4.69, 9.17) is 16.7 Å². The van der Waals surface area contributed by atoms with Crippen LogP contribution in [-0.4, -0.2) is 17.8 Å². The molecule has 0 bridgehead atoms. The summed E-state index contributed by atoms with van der Waals surface area (Å²) in [5.41, 5.74) is 2.05. The highest BCUT2D eigenvalue weighted by atomic mass is 35.5. The number of benzene rings is 1. The third-order valence-electron chi connectivity index (χ3n) is 2.39. The molecule has 0 aliphatic carbocycles. The van der Waals surface area contributed by atoms with Crippen LogP contribution in [0.2, 0.25) is 5.02 Å². The molecule has 1 rings (SSSR count). The van der Waals surface area contributed by atoms with Gasteiger partial charge >= 0.3 is 0 Å². The fourth-order valence-corrected chi connectivity index (χ4v) is 1.67. The van der Waals surface area contributed by atoms with Gasteiger partial charge in [0.05, 0.1) is 10.7 Å². The zero-order valence-electron chi connectivity index (χ0n) is 9.26. The average Bonchev–Trinajstić information content (AvgIpc) is 2.22. The molecule has 0 spiro atoms. The van der Waals surface area contributed by atoms with Gasteiger partial charge in [-0.3, -0.25) is 0 Å². The fraction of sp³-hybridized carbons (Fsp3) is 0.500. The maximum atomic E-state index is 8.73. The Morgan fingerprint density at radius 1 is 1.47 bits per heavy atom. The predicted molar refractivity (Wildman–Crippen MR) is 65.6 cm³/mol. The van der Waals surface area contributed by atoms with Crippen LogP contribution in [0, 0.1) is 6.92 Å². The molecule has 2 nitrogen and oxygen atoms in total. The number of hydrogen-bond donors (Lipinski definition) is 2. The van der Waals surface area contributed by atoms with E-state index in [1.165, 1.54) is 0 Å². The third kappa shape index (κ3) is 3.73. The summed E-state index contributed by atoms with van der Waals surface area (Å²) in [5, 5.41) is 12.9. The molecule has 0 amide bonds. The molecule has 0 aliphatic heterocycles. The molecule has 0 aromatic heterocycles. The SMILES string of the molecule is Cc1cccc(NC(C)CCCO)c1Cl. The van der Waals surface area contributed by atoms with E-state index in [0.29, 0.717) is 6.04 Å². The maximum Gasteiger partial charge on any atom is 0.0666 e. The van der Waals surface area contributed by atoms with Crippen molar-refractivity contribution in [3.8, 4) is 0 Å². The van der Waals surface area contributed by atoms with Crippen molar-refractivity contribution >= 4 is 17.3 Å². The van der Waals surface area contributed by atoms with Crippen molar-refractivity contribution < 1.29 is 5.11 Å². The molecule has 1 aromatic rings. The number of hydrogen-bond acceptors (Lipinski definition) is 2. The van der Waals surface area contributed by atoms with Gasteiger partial charge in [-0.25, -0.2) is 0 Å². The van der Waals surface area contributed by atoms with Crippen LogP contribution < -0.4 is 5.32 Å². The molecule has 15 heavy (non-hydrogen) atoms. The monoisotopic (exact) mass is 227 g/mol. The van der Waals surface area contributed by atoms with E-state index in [1.807, 2.05) is 25.1 Å². The van der Waals surface area contributed by atoms with Crippen molar-refractivity contribution in [2.75, 3.05) is 11.9 Å². The Bertz CT molecular complexity index is 314. The number of aliphatic hydroxyl groups excluding tert-OH is 1. The molecule has 84 valence electrons. The van der Waals surface area contributed by atoms with Crippen LogP contribution in [0.3, 0.4) is 0 Å². The van der Waals surface area contributed by atoms with Crippen molar-refractivity contribution in [3.05, 3.63) is 28.8 Å². The van der Waals surface area contributed by atoms with Gasteiger partial charge in [-0.1, -0.05) is 23.7 Å². The lowest BCUT2D eigenvalue weighted by Crippen LogP contribution is -2.15. The molecule has 0 aliphatic rings. The Labute approximate surface area is 96.3 Å². The van der Waals surface area contributed by atoms with Gasteiger partial charge in [-0.15, -0.1) is 0 Å². The lowest BCUT2D eigenvalue weighted by molar-refractivity contribution is 0.282. The molecule has 1 atom stereocenters. The second-order valence-electron chi connectivity index (χ2n) is 3.85. The van der Waals surface area contributed by atoms with Gasteiger partial charge in [0.1, 0.15) is 0 Å². The topological polar surface area (TPSA) is 32.3 Å². The summed E-state index contributed by atoms with van der Waals surface area (Å²) in [6.07, 6.45) is 1.76. The van der Waals surface area contributed by atoms with E-state index in [1.54, 1.807) is 0 Å².